The van der Waals surface area contributed by atoms with E-state index in [1.165, 1.54) is 19.2 Å². The van der Waals surface area contributed by atoms with Crippen LogP contribution in [0.1, 0.15) is 17.2 Å². The lowest BCUT2D eigenvalue weighted by molar-refractivity contribution is -0.150. The summed E-state index contributed by atoms with van der Waals surface area (Å²) in [5, 5.41) is 2.23. The van der Waals surface area contributed by atoms with E-state index in [-0.39, 0.29) is 5.56 Å². The summed E-state index contributed by atoms with van der Waals surface area (Å²) in [6.07, 6.45) is -3.69. The number of alkyl halides is 4. The molecule has 0 aliphatic carbocycles. The van der Waals surface area contributed by atoms with Gasteiger partial charge < -0.3 is 5.32 Å². The second-order valence-corrected chi connectivity index (χ2v) is 3.61. The van der Waals surface area contributed by atoms with Gasteiger partial charge in [-0.2, -0.15) is 8.78 Å². The van der Waals surface area contributed by atoms with Crippen molar-refractivity contribution in [1.29, 1.82) is 0 Å². The Labute approximate surface area is 91.5 Å². The molecule has 0 aromatic heterocycles. The molecule has 0 radical (unpaired) electrons. The molecule has 5 heteroatoms. The minimum Gasteiger partial charge on any atom is -0.308 e. The second-order valence-electron chi connectivity index (χ2n) is 3.61. The van der Waals surface area contributed by atoms with Crippen molar-refractivity contribution in [2.24, 2.45) is 0 Å². The first-order valence-electron chi connectivity index (χ1n) is 4.79. The molecule has 1 aromatic carbocycles. The normalized spacial score (nSPS) is 14.2. The summed E-state index contributed by atoms with van der Waals surface area (Å²) in [6.45, 7) is 1.80. The minimum atomic E-state index is -4.08. The average molecular weight is 235 g/mol. The zero-order valence-electron chi connectivity index (χ0n) is 8.98. The van der Waals surface area contributed by atoms with Crippen molar-refractivity contribution in [2.75, 3.05) is 7.05 Å². The van der Waals surface area contributed by atoms with E-state index >= 15 is 0 Å². The predicted octanol–water partition coefficient (Wildman–Crippen LogP) is 3.16. The van der Waals surface area contributed by atoms with Crippen molar-refractivity contribution in [3.63, 3.8) is 0 Å². The van der Waals surface area contributed by atoms with Crippen molar-refractivity contribution in [2.45, 2.75) is 25.3 Å². The molecule has 90 valence electrons. The molecule has 16 heavy (non-hydrogen) atoms. The Morgan fingerprint density at radius 3 is 2.00 bits per heavy atom. The highest BCUT2D eigenvalue weighted by atomic mass is 19.3. The Morgan fingerprint density at radius 1 is 1.12 bits per heavy atom. The van der Waals surface area contributed by atoms with E-state index in [2.05, 4.69) is 5.32 Å². The van der Waals surface area contributed by atoms with E-state index in [4.69, 9.17) is 0 Å². The maximum absolute atomic E-state index is 13.2. The van der Waals surface area contributed by atoms with Gasteiger partial charge in [-0.1, -0.05) is 29.8 Å². The first kappa shape index (κ1) is 13.0. The van der Waals surface area contributed by atoms with Gasteiger partial charge in [0, 0.05) is 0 Å². The van der Waals surface area contributed by atoms with Gasteiger partial charge in [-0.25, -0.2) is 8.78 Å². The molecular weight excluding hydrogens is 222 g/mol. The first-order chi connectivity index (χ1) is 7.39. The Kier molecular flexibility index (Phi) is 3.91. The molecule has 0 saturated heterocycles. The van der Waals surface area contributed by atoms with E-state index < -0.39 is 18.4 Å². The quantitative estimate of drug-likeness (QED) is 0.790. The van der Waals surface area contributed by atoms with Crippen LogP contribution in [0.5, 0.6) is 0 Å². The lowest BCUT2D eigenvalue weighted by atomic mass is 10.00. The highest BCUT2D eigenvalue weighted by Gasteiger charge is 2.48. The van der Waals surface area contributed by atoms with Gasteiger partial charge in [0.25, 0.3) is 0 Å². The molecule has 1 aromatic rings. The van der Waals surface area contributed by atoms with Gasteiger partial charge in [-0.3, -0.25) is 0 Å². The number of hydrogen-bond donors (Lipinski definition) is 1. The molecular formula is C11H13F4N. The summed E-state index contributed by atoms with van der Waals surface area (Å²) in [7, 11) is 1.24. The number of halogens is 4. The lowest BCUT2D eigenvalue weighted by Crippen LogP contribution is -2.41. The average Bonchev–Trinajstić information content (AvgIpc) is 2.21. The zero-order chi connectivity index (χ0) is 12.3. The topological polar surface area (TPSA) is 12.0 Å². The van der Waals surface area contributed by atoms with Gasteiger partial charge in [-0.05, 0) is 19.5 Å². The van der Waals surface area contributed by atoms with Crippen LogP contribution in [0.25, 0.3) is 0 Å². The molecule has 1 atom stereocenters. The largest absolute Gasteiger partial charge is 0.326 e. The van der Waals surface area contributed by atoms with E-state index in [0.717, 1.165) is 5.56 Å². The Bertz CT molecular complexity index is 334. The van der Waals surface area contributed by atoms with Crippen LogP contribution in [-0.4, -0.2) is 19.4 Å². The number of aryl methyl sites for hydroxylation is 1. The van der Waals surface area contributed by atoms with Crippen LogP contribution in [0.2, 0.25) is 0 Å². The fraction of sp³-hybridized carbons (Fsp3) is 0.455. The summed E-state index contributed by atoms with van der Waals surface area (Å²) in [5.41, 5.74) is 1.04. The maximum atomic E-state index is 13.2. The van der Waals surface area contributed by atoms with Crippen molar-refractivity contribution in [3.05, 3.63) is 35.4 Å². The smallest absolute Gasteiger partial charge is 0.308 e. The monoisotopic (exact) mass is 235 g/mol. The zero-order valence-corrected chi connectivity index (χ0v) is 8.98. The summed E-state index contributed by atoms with van der Waals surface area (Å²) in [6, 6.07) is 4.40. The van der Waals surface area contributed by atoms with Crippen LogP contribution >= 0.6 is 0 Å². The van der Waals surface area contributed by atoms with Crippen LogP contribution in [0, 0.1) is 6.92 Å². The molecule has 0 heterocycles. The maximum Gasteiger partial charge on any atom is 0.326 e. The molecule has 0 fully saturated rings. The van der Waals surface area contributed by atoms with Crippen molar-refractivity contribution in [1.82, 2.24) is 5.32 Å². The third-order valence-corrected chi connectivity index (χ3v) is 2.38. The van der Waals surface area contributed by atoms with Gasteiger partial charge in [-0.15, -0.1) is 0 Å². The molecule has 0 aliphatic heterocycles. The van der Waals surface area contributed by atoms with Gasteiger partial charge in [0.15, 0.2) is 0 Å². The summed E-state index contributed by atoms with van der Waals surface area (Å²) < 4.78 is 50.8. The molecule has 1 nitrogen and oxygen atoms in total. The van der Waals surface area contributed by atoms with Crippen LogP contribution in [0.15, 0.2) is 24.3 Å². The predicted molar refractivity (Wildman–Crippen MR) is 53.9 cm³/mol. The SMILES string of the molecule is CNC(c1ccc(C)cc1)C(F)(F)C(F)F. The minimum absolute atomic E-state index is 0.151. The van der Waals surface area contributed by atoms with Gasteiger partial charge in [0.1, 0.15) is 6.04 Å². The number of nitrogens with one attached hydrogen (secondary N) is 1. The van der Waals surface area contributed by atoms with Crippen LogP contribution in [-0.2, 0) is 0 Å². The lowest BCUT2D eigenvalue weighted by Gasteiger charge is -2.26. The van der Waals surface area contributed by atoms with Crippen molar-refractivity contribution in [3.8, 4) is 0 Å². The van der Waals surface area contributed by atoms with Crippen molar-refractivity contribution >= 4 is 0 Å². The molecule has 0 bridgehead atoms. The van der Waals surface area contributed by atoms with E-state index in [0.29, 0.717) is 0 Å². The molecule has 1 unspecified atom stereocenters. The van der Waals surface area contributed by atoms with Gasteiger partial charge in [0.2, 0.25) is 0 Å². The van der Waals surface area contributed by atoms with Crippen LogP contribution in [0.3, 0.4) is 0 Å². The third-order valence-electron chi connectivity index (χ3n) is 2.38. The molecule has 0 spiro atoms. The second kappa shape index (κ2) is 4.82. The molecule has 0 aliphatic rings. The highest BCUT2D eigenvalue weighted by molar-refractivity contribution is 5.25. The third kappa shape index (κ3) is 2.52. The standard InChI is InChI=1S/C11H13F4N/c1-7-3-5-8(6-4-7)9(16-2)11(14,15)10(12)13/h3-6,9-10,16H,1-2H3. The van der Waals surface area contributed by atoms with Crippen LogP contribution < -0.4 is 5.32 Å². The van der Waals surface area contributed by atoms with Crippen LogP contribution in [0.4, 0.5) is 17.6 Å². The molecule has 1 rings (SSSR count). The first-order valence-corrected chi connectivity index (χ1v) is 4.79. The summed E-state index contributed by atoms with van der Waals surface area (Å²) >= 11 is 0. The van der Waals surface area contributed by atoms with Gasteiger partial charge in [0.05, 0.1) is 0 Å². The summed E-state index contributed by atoms with van der Waals surface area (Å²) in [5.74, 6) is -4.08. The fourth-order valence-corrected chi connectivity index (χ4v) is 1.47. The Morgan fingerprint density at radius 2 is 1.62 bits per heavy atom. The van der Waals surface area contributed by atoms with E-state index in [1.807, 2.05) is 0 Å². The van der Waals surface area contributed by atoms with E-state index in [1.54, 1.807) is 19.1 Å². The molecule has 1 N–H and O–H groups in total. The highest BCUT2D eigenvalue weighted by Crippen LogP contribution is 2.36. The number of hydrogen-bond acceptors (Lipinski definition) is 1. The Balaban J connectivity index is 3.03. The van der Waals surface area contributed by atoms with Crippen molar-refractivity contribution < 1.29 is 17.6 Å². The number of rotatable bonds is 4. The molecule has 0 amide bonds. The summed E-state index contributed by atoms with van der Waals surface area (Å²) in [4.78, 5) is 0. The van der Waals surface area contributed by atoms with E-state index in [9.17, 15) is 17.6 Å². The fourth-order valence-electron chi connectivity index (χ4n) is 1.47. The number of benzene rings is 1. The van der Waals surface area contributed by atoms with Gasteiger partial charge >= 0.3 is 12.3 Å². The molecule has 0 saturated carbocycles. The Hall–Kier alpha value is -1.10.